The molecule has 0 fully saturated rings. The fourth-order valence-electron chi connectivity index (χ4n) is 1.65. The molecule has 0 aliphatic heterocycles. The van der Waals surface area contributed by atoms with Crippen molar-refractivity contribution < 1.29 is 12.8 Å². The van der Waals surface area contributed by atoms with Gasteiger partial charge < -0.3 is 10.6 Å². The summed E-state index contributed by atoms with van der Waals surface area (Å²) in [7, 11) is -1.57. The third-order valence-electron chi connectivity index (χ3n) is 2.78. The highest BCUT2D eigenvalue weighted by molar-refractivity contribution is 7.90. The Balaban J connectivity index is 2.10. The minimum atomic E-state index is -3.21. The summed E-state index contributed by atoms with van der Waals surface area (Å²) in [6, 6.07) is 6.37. The number of aromatic nitrogens is 2. The summed E-state index contributed by atoms with van der Waals surface area (Å²) in [5, 5.41) is 5.57. The van der Waals surface area contributed by atoms with Gasteiger partial charge in [0.15, 0.2) is 21.5 Å². The molecule has 0 unspecified atom stereocenters. The zero-order chi connectivity index (χ0) is 15.5. The summed E-state index contributed by atoms with van der Waals surface area (Å²) in [4.78, 5) is 7.95. The monoisotopic (exact) mass is 310 g/mol. The standard InChI is InChI=1S/C13H15FN4O2S/c1-15-13-17-8-11(14)12(18-13)16-7-9-3-5-10(6-4-9)21(2,19)20/h3-6,8H,7H2,1-2H3,(H2,15,16,17,18). The quantitative estimate of drug-likeness (QED) is 0.874. The van der Waals surface area contributed by atoms with Gasteiger partial charge in [-0.3, -0.25) is 0 Å². The highest BCUT2D eigenvalue weighted by atomic mass is 32.2. The molecular weight excluding hydrogens is 295 g/mol. The molecule has 0 spiro atoms. The lowest BCUT2D eigenvalue weighted by molar-refractivity contribution is 0.602. The summed E-state index contributed by atoms with van der Waals surface area (Å²) >= 11 is 0. The van der Waals surface area contributed by atoms with Crippen LogP contribution in [0.4, 0.5) is 16.2 Å². The van der Waals surface area contributed by atoms with E-state index in [0.29, 0.717) is 12.5 Å². The van der Waals surface area contributed by atoms with Gasteiger partial charge in [-0.1, -0.05) is 12.1 Å². The Morgan fingerprint density at radius 3 is 2.48 bits per heavy atom. The van der Waals surface area contributed by atoms with Gasteiger partial charge in [0.25, 0.3) is 0 Å². The molecule has 1 aromatic carbocycles. The molecule has 2 aromatic rings. The van der Waals surface area contributed by atoms with Crippen molar-refractivity contribution in [3.63, 3.8) is 0 Å². The number of rotatable bonds is 5. The summed E-state index contributed by atoms with van der Waals surface area (Å²) < 4.78 is 36.2. The molecule has 112 valence electrons. The van der Waals surface area contributed by atoms with Crippen LogP contribution in [-0.4, -0.2) is 31.7 Å². The predicted molar refractivity (Wildman–Crippen MR) is 78.4 cm³/mol. The number of hydrogen-bond acceptors (Lipinski definition) is 6. The molecule has 1 heterocycles. The van der Waals surface area contributed by atoms with Gasteiger partial charge >= 0.3 is 0 Å². The Morgan fingerprint density at radius 2 is 1.90 bits per heavy atom. The number of nitrogens with one attached hydrogen (secondary N) is 2. The summed E-state index contributed by atoms with van der Waals surface area (Å²) in [5.74, 6) is -0.158. The molecule has 0 aliphatic rings. The molecule has 0 amide bonds. The molecule has 2 N–H and O–H groups in total. The lowest BCUT2D eigenvalue weighted by Gasteiger charge is -2.08. The Hall–Kier alpha value is -2.22. The maximum absolute atomic E-state index is 13.5. The van der Waals surface area contributed by atoms with Crippen LogP contribution in [0, 0.1) is 5.82 Å². The van der Waals surface area contributed by atoms with E-state index in [1.165, 1.54) is 12.1 Å². The average Bonchev–Trinajstić information content (AvgIpc) is 2.46. The van der Waals surface area contributed by atoms with Crippen molar-refractivity contribution >= 4 is 21.6 Å². The van der Waals surface area contributed by atoms with Gasteiger partial charge in [-0.25, -0.2) is 17.8 Å². The van der Waals surface area contributed by atoms with E-state index in [1.54, 1.807) is 19.2 Å². The number of nitrogens with zero attached hydrogens (tertiary/aromatic N) is 2. The number of sulfone groups is 1. The van der Waals surface area contributed by atoms with E-state index in [9.17, 15) is 12.8 Å². The second-order valence-electron chi connectivity index (χ2n) is 4.41. The number of halogens is 1. The Morgan fingerprint density at radius 1 is 1.24 bits per heavy atom. The van der Waals surface area contributed by atoms with Gasteiger partial charge in [0.05, 0.1) is 11.1 Å². The van der Waals surface area contributed by atoms with Crippen molar-refractivity contribution in [2.45, 2.75) is 11.4 Å². The molecule has 0 atom stereocenters. The van der Waals surface area contributed by atoms with Crippen LogP contribution in [0.25, 0.3) is 0 Å². The molecule has 0 saturated heterocycles. The Labute approximate surface area is 122 Å². The maximum atomic E-state index is 13.5. The number of anilines is 2. The first kappa shape index (κ1) is 15.2. The highest BCUT2D eigenvalue weighted by Gasteiger charge is 2.08. The van der Waals surface area contributed by atoms with E-state index >= 15 is 0 Å². The lowest BCUT2D eigenvalue weighted by atomic mass is 10.2. The van der Waals surface area contributed by atoms with Crippen molar-refractivity contribution in [2.75, 3.05) is 23.9 Å². The second-order valence-corrected chi connectivity index (χ2v) is 6.43. The number of benzene rings is 1. The largest absolute Gasteiger partial charge is 0.363 e. The van der Waals surface area contributed by atoms with Crippen LogP contribution in [0.15, 0.2) is 35.4 Å². The molecule has 0 radical (unpaired) electrons. The second kappa shape index (κ2) is 6.04. The fraction of sp³-hybridized carbons (Fsp3) is 0.231. The fourth-order valence-corrected chi connectivity index (χ4v) is 2.28. The van der Waals surface area contributed by atoms with Crippen molar-refractivity contribution in [3.8, 4) is 0 Å². The molecule has 6 nitrogen and oxygen atoms in total. The van der Waals surface area contributed by atoms with Crippen molar-refractivity contribution in [2.24, 2.45) is 0 Å². The summed E-state index contributed by atoms with van der Waals surface area (Å²) in [5.41, 5.74) is 0.811. The van der Waals surface area contributed by atoms with Crippen molar-refractivity contribution in [1.82, 2.24) is 9.97 Å². The van der Waals surface area contributed by atoms with E-state index in [-0.39, 0.29) is 10.7 Å². The first-order valence-corrected chi connectivity index (χ1v) is 8.02. The minimum absolute atomic E-state index is 0.0848. The van der Waals surface area contributed by atoms with Gasteiger partial charge in [0.2, 0.25) is 5.95 Å². The van der Waals surface area contributed by atoms with E-state index in [0.717, 1.165) is 18.0 Å². The number of hydrogen-bond donors (Lipinski definition) is 2. The van der Waals surface area contributed by atoms with Gasteiger partial charge in [-0.2, -0.15) is 4.98 Å². The molecular formula is C13H15FN4O2S. The van der Waals surface area contributed by atoms with E-state index < -0.39 is 15.7 Å². The smallest absolute Gasteiger partial charge is 0.224 e. The molecule has 8 heteroatoms. The van der Waals surface area contributed by atoms with Crippen LogP contribution in [0.3, 0.4) is 0 Å². The van der Waals surface area contributed by atoms with E-state index in [4.69, 9.17) is 0 Å². The Kier molecular flexibility index (Phi) is 4.37. The topological polar surface area (TPSA) is 84.0 Å². The van der Waals surface area contributed by atoms with Crippen LogP contribution in [-0.2, 0) is 16.4 Å². The molecule has 0 aliphatic carbocycles. The van der Waals surface area contributed by atoms with Crippen LogP contribution in [0.5, 0.6) is 0 Å². The van der Waals surface area contributed by atoms with Gasteiger partial charge in [-0.15, -0.1) is 0 Å². The van der Waals surface area contributed by atoms with Crippen LogP contribution in [0.2, 0.25) is 0 Å². The maximum Gasteiger partial charge on any atom is 0.224 e. The van der Waals surface area contributed by atoms with Crippen molar-refractivity contribution in [3.05, 3.63) is 41.8 Å². The van der Waals surface area contributed by atoms with Gasteiger partial charge in [0.1, 0.15) is 0 Å². The van der Waals surface area contributed by atoms with Crippen LogP contribution < -0.4 is 10.6 Å². The predicted octanol–water partition coefficient (Wildman–Crippen LogP) is 1.67. The summed E-state index contributed by atoms with van der Waals surface area (Å²) in [6.07, 6.45) is 2.23. The molecule has 21 heavy (non-hydrogen) atoms. The average molecular weight is 310 g/mol. The molecule has 0 bridgehead atoms. The van der Waals surface area contributed by atoms with Gasteiger partial charge in [-0.05, 0) is 17.7 Å². The zero-order valence-electron chi connectivity index (χ0n) is 11.6. The normalized spacial score (nSPS) is 11.2. The molecule has 2 rings (SSSR count). The zero-order valence-corrected chi connectivity index (χ0v) is 12.4. The molecule has 0 saturated carbocycles. The highest BCUT2D eigenvalue weighted by Crippen LogP contribution is 2.14. The Bertz CT molecular complexity index is 732. The van der Waals surface area contributed by atoms with Gasteiger partial charge in [0, 0.05) is 19.8 Å². The first-order valence-electron chi connectivity index (χ1n) is 6.13. The third-order valence-corrected chi connectivity index (χ3v) is 3.91. The molecule has 1 aromatic heterocycles. The van der Waals surface area contributed by atoms with E-state index in [1.807, 2.05) is 0 Å². The van der Waals surface area contributed by atoms with Crippen LogP contribution >= 0.6 is 0 Å². The first-order chi connectivity index (χ1) is 9.90. The summed E-state index contributed by atoms with van der Waals surface area (Å²) in [6.45, 7) is 0.321. The minimum Gasteiger partial charge on any atom is -0.363 e. The third kappa shape index (κ3) is 3.88. The van der Waals surface area contributed by atoms with Crippen molar-refractivity contribution in [1.29, 1.82) is 0 Å². The SMILES string of the molecule is CNc1ncc(F)c(NCc2ccc(S(C)(=O)=O)cc2)n1. The van der Waals surface area contributed by atoms with Crippen LogP contribution in [0.1, 0.15) is 5.56 Å². The lowest BCUT2D eigenvalue weighted by Crippen LogP contribution is -2.07. The van der Waals surface area contributed by atoms with E-state index in [2.05, 4.69) is 20.6 Å².